The van der Waals surface area contributed by atoms with E-state index in [4.69, 9.17) is 5.11 Å². The Hall–Kier alpha value is -2.11. The Morgan fingerprint density at radius 1 is 0.962 bits per heavy atom. The van der Waals surface area contributed by atoms with Crippen molar-refractivity contribution in [1.82, 2.24) is 9.88 Å². The number of unbranched alkanes of at least 4 members (excludes halogenated alkanes) is 1. The first-order valence-electron chi connectivity index (χ1n) is 9.73. The van der Waals surface area contributed by atoms with E-state index in [2.05, 4.69) is 22.0 Å². The normalized spacial score (nSPS) is 19.5. The first kappa shape index (κ1) is 18.7. The number of carboxylic acids is 1. The van der Waals surface area contributed by atoms with Crippen molar-refractivity contribution in [1.29, 1.82) is 0 Å². The van der Waals surface area contributed by atoms with Gasteiger partial charge in [0.15, 0.2) is 0 Å². The van der Waals surface area contributed by atoms with Gasteiger partial charge >= 0.3 is 5.97 Å². The number of hydrogen-bond acceptors (Lipinski definition) is 4. The highest BCUT2D eigenvalue weighted by Crippen LogP contribution is 2.42. The Labute approximate surface area is 155 Å². The standard InChI is InChI=1S/C20H29N3O3/c24-18(3-1-2-4-19(25)26)23-15-9-20(10-16-23)7-13-22(14-8-20)17-5-11-21-12-6-17/h5-6,11-12H,1-4,7-10,13-16H2,(H,25,26). The molecule has 1 N–H and O–H groups in total. The minimum absolute atomic E-state index is 0.157. The van der Waals surface area contributed by atoms with Crippen molar-refractivity contribution in [2.45, 2.75) is 51.4 Å². The summed E-state index contributed by atoms with van der Waals surface area (Å²) in [6.45, 7) is 3.86. The molecule has 2 aliphatic heterocycles. The van der Waals surface area contributed by atoms with E-state index in [0.717, 1.165) is 39.0 Å². The van der Waals surface area contributed by atoms with Gasteiger partial charge in [0, 0.05) is 57.1 Å². The van der Waals surface area contributed by atoms with Crippen LogP contribution < -0.4 is 4.90 Å². The number of hydrogen-bond donors (Lipinski definition) is 1. The third kappa shape index (κ3) is 4.74. The molecule has 0 atom stereocenters. The van der Waals surface area contributed by atoms with E-state index in [0.29, 0.717) is 24.7 Å². The zero-order valence-corrected chi connectivity index (χ0v) is 15.4. The second-order valence-corrected chi connectivity index (χ2v) is 7.67. The van der Waals surface area contributed by atoms with E-state index < -0.39 is 5.97 Å². The van der Waals surface area contributed by atoms with Crippen LogP contribution in [0.25, 0.3) is 0 Å². The van der Waals surface area contributed by atoms with Crippen molar-refractivity contribution in [2.24, 2.45) is 5.41 Å². The second kappa shape index (κ2) is 8.52. The van der Waals surface area contributed by atoms with Crippen LogP contribution in [-0.4, -0.2) is 53.0 Å². The van der Waals surface area contributed by atoms with Crippen LogP contribution in [0.15, 0.2) is 24.5 Å². The Kier molecular flexibility index (Phi) is 6.12. The summed E-state index contributed by atoms with van der Waals surface area (Å²) in [4.78, 5) is 31.4. The maximum absolute atomic E-state index is 12.3. The predicted molar refractivity (Wildman–Crippen MR) is 100 cm³/mol. The van der Waals surface area contributed by atoms with Crippen LogP contribution >= 0.6 is 0 Å². The molecule has 6 heteroatoms. The highest BCUT2D eigenvalue weighted by Gasteiger charge is 2.38. The quantitative estimate of drug-likeness (QED) is 0.791. The SMILES string of the molecule is O=C(O)CCCCC(=O)N1CCC2(CC1)CCN(c1ccncc1)CC2. The van der Waals surface area contributed by atoms with Gasteiger partial charge in [0.05, 0.1) is 0 Å². The predicted octanol–water partition coefficient (Wildman–Crippen LogP) is 2.94. The summed E-state index contributed by atoms with van der Waals surface area (Å²) < 4.78 is 0. The largest absolute Gasteiger partial charge is 0.481 e. The van der Waals surface area contributed by atoms with E-state index in [1.54, 1.807) is 0 Å². The maximum Gasteiger partial charge on any atom is 0.303 e. The summed E-state index contributed by atoms with van der Waals surface area (Å²) in [6.07, 6.45) is 10.2. The first-order chi connectivity index (χ1) is 12.6. The third-order valence-electron chi connectivity index (χ3n) is 6.06. The molecule has 0 bridgehead atoms. The highest BCUT2D eigenvalue weighted by atomic mass is 16.4. The molecule has 0 saturated carbocycles. The van der Waals surface area contributed by atoms with Crippen molar-refractivity contribution in [3.8, 4) is 0 Å². The van der Waals surface area contributed by atoms with Crippen molar-refractivity contribution in [3.63, 3.8) is 0 Å². The number of carbonyl (C=O) groups is 2. The van der Waals surface area contributed by atoms with Crippen molar-refractivity contribution in [2.75, 3.05) is 31.1 Å². The summed E-state index contributed by atoms with van der Waals surface area (Å²) in [6, 6.07) is 4.15. The molecule has 1 spiro atoms. The van der Waals surface area contributed by atoms with E-state index in [1.165, 1.54) is 18.5 Å². The molecule has 1 aromatic heterocycles. The summed E-state index contributed by atoms with van der Waals surface area (Å²) in [7, 11) is 0. The number of rotatable bonds is 6. The summed E-state index contributed by atoms with van der Waals surface area (Å²) in [5.74, 6) is -0.588. The van der Waals surface area contributed by atoms with Crippen LogP contribution in [0.2, 0.25) is 0 Å². The zero-order chi connectivity index (χ0) is 18.4. The van der Waals surface area contributed by atoms with E-state index in [-0.39, 0.29) is 12.3 Å². The average molecular weight is 359 g/mol. The molecule has 3 heterocycles. The van der Waals surface area contributed by atoms with Crippen LogP contribution in [-0.2, 0) is 9.59 Å². The average Bonchev–Trinajstić information content (AvgIpc) is 2.67. The van der Waals surface area contributed by atoms with Crippen molar-refractivity contribution >= 4 is 17.6 Å². The van der Waals surface area contributed by atoms with Crippen LogP contribution in [0.5, 0.6) is 0 Å². The Morgan fingerprint density at radius 3 is 2.15 bits per heavy atom. The molecule has 2 fully saturated rings. The fourth-order valence-electron chi connectivity index (χ4n) is 4.24. The van der Waals surface area contributed by atoms with Gasteiger partial charge in [0.25, 0.3) is 0 Å². The van der Waals surface area contributed by atoms with Gasteiger partial charge in [-0.05, 0) is 56.1 Å². The van der Waals surface area contributed by atoms with Crippen LogP contribution in [0.1, 0.15) is 51.4 Å². The summed E-state index contributed by atoms with van der Waals surface area (Å²) >= 11 is 0. The number of likely N-dealkylation sites (tertiary alicyclic amines) is 1. The Bertz CT molecular complexity index is 602. The molecule has 1 amide bonds. The number of aromatic nitrogens is 1. The minimum Gasteiger partial charge on any atom is -0.481 e. The zero-order valence-electron chi connectivity index (χ0n) is 15.4. The molecule has 3 rings (SSSR count). The molecule has 0 aliphatic carbocycles. The lowest BCUT2D eigenvalue weighted by molar-refractivity contribution is -0.138. The Morgan fingerprint density at radius 2 is 1.54 bits per heavy atom. The van der Waals surface area contributed by atoms with Gasteiger partial charge in [-0.1, -0.05) is 0 Å². The molecule has 0 aromatic carbocycles. The maximum atomic E-state index is 12.3. The monoisotopic (exact) mass is 359 g/mol. The molecule has 2 aliphatic rings. The summed E-state index contributed by atoms with van der Waals surface area (Å²) in [5.41, 5.74) is 1.65. The van der Waals surface area contributed by atoms with Gasteiger partial charge in [0.2, 0.25) is 5.91 Å². The fourth-order valence-corrected chi connectivity index (χ4v) is 4.24. The van der Waals surface area contributed by atoms with Gasteiger partial charge in [-0.2, -0.15) is 0 Å². The lowest BCUT2D eigenvalue weighted by atomic mass is 9.71. The first-order valence-corrected chi connectivity index (χ1v) is 9.73. The van der Waals surface area contributed by atoms with E-state index in [1.807, 2.05) is 17.3 Å². The van der Waals surface area contributed by atoms with Crippen LogP contribution in [0, 0.1) is 5.41 Å². The third-order valence-corrected chi connectivity index (χ3v) is 6.06. The molecule has 0 unspecified atom stereocenters. The minimum atomic E-state index is -0.782. The topological polar surface area (TPSA) is 73.7 Å². The number of pyridine rings is 1. The molecule has 26 heavy (non-hydrogen) atoms. The number of carboxylic acid groups (broad SMARTS) is 1. The molecule has 2 saturated heterocycles. The van der Waals surface area contributed by atoms with Gasteiger partial charge in [-0.3, -0.25) is 14.6 Å². The molecular weight excluding hydrogens is 330 g/mol. The Balaban J connectivity index is 1.41. The highest BCUT2D eigenvalue weighted by molar-refractivity contribution is 5.76. The van der Waals surface area contributed by atoms with Crippen molar-refractivity contribution < 1.29 is 14.7 Å². The van der Waals surface area contributed by atoms with Gasteiger partial charge < -0.3 is 14.9 Å². The number of nitrogens with zero attached hydrogens (tertiary/aromatic N) is 3. The lowest BCUT2D eigenvalue weighted by Gasteiger charge is -2.47. The molecule has 142 valence electrons. The molecule has 0 radical (unpaired) electrons. The van der Waals surface area contributed by atoms with E-state index >= 15 is 0 Å². The number of aliphatic carboxylic acids is 1. The fraction of sp³-hybridized carbons (Fsp3) is 0.650. The molecule has 6 nitrogen and oxygen atoms in total. The number of anilines is 1. The second-order valence-electron chi connectivity index (χ2n) is 7.67. The lowest BCUT2D eigenvalue weighted by Crippen LogP contribution is -2.48. The van der Waals surface area contributed by atoms with Gasteiger partial charge in [-0.15, -0.1) is 0 Å². The van der Waals surface area contributed by atoms with Gasteiger partial charge in [-0.25, -0.2) is 0 Å². The van der Waals surface area contributed by atoms with Gasteiger partial charge in [0.1, 0.15) is 0 Å². The molecule has 1 aromatic rings. The van der Waals surface area contributed by atoms with Crippen LogP contribution in [0.4, 0.5) is 5.69 Å². The van der Waals surface area contributed by atoms with E-state index in [9.17, 15) is 9.59 Å². The number of carbonyl (C=O) groups excluding carboxylic acids is 1. The summed E-state index contributed by atoms with van der Waals surface area (Å²) in [5, 5.41) is 8.66. The van der Waals surface area contributed by atoms with Crippen molar-refractivity contribution in [3.05, 3.63) is 24.5 Å². The number of piperidine rings is 2. The smallest absolute Gasteiger partial charge is 0.303 e. The number of amides is 1. The van der Waals surface area contributed by atoms with Crippen LogP contribution in [0.3, 0.4) is 0 Å². The molecular formula is C20H29N3O3.